The fourth-order valence-corrected chi connectivity index (χ4v) is 4.01. The van der Waals surface area contributed by atoms with E-state index in [0.717, 1.165) is 12.8 Å². The maximum atomic E-state index is 13.9. The minimum Gasteiger partial charge on any atom is -0.443 e. The van der Waals surface area contributed by atoms with E-state index < -0.39 is 0 Å². The number of carbonyl (C=O) groups is 1. The molecule has 1 fully saturated rings. The lowest BCUT2D eigenvalue weighted by Gasteiger charge is -2.21. The summed E-state index contributed by atoms with van der Waals surface area (Å²) in [6.45, 7) is 0.569. The second-order valence-corrected chi connectivity index (χ2v) is 7.76. The highest BCUT2D eigenvalue weighted by Gasteiger charge is 2.34. The Morgan fingerprint density at radius 3 is 2.78 bits per heavy atom. The van der Waals surface area contributed by atoms with E-state index >= 15 is 0 Å². The number of H-pyrrole nitrogens is 1. The molecule has 1 amide bonds. The summed E-state index contributed by atoms with van der Waals surface area (Å²) in [7, 11) is 0. The molecule has 1 atom stereocenters. The van der Waals surface area contributed by atoms with Crippen LogP contribution in [0.2, 0.25) is 0 Å². The van der Waals surface area contributed by atoms with E-state index in [9.17, 15) is 13.6 Å². The zero-order valence-electron chi connectivity index (χ0n) is 17.1. The number of nitrogens with zero attached hydrogens (tertiary/aromatic N) is 3. The second-order valence-electron chi connectivity index (χ2n) is 7.76. The minimum absolute atomic E-state index is 0.206. The molecule has 1 aliphatic rings. The molecule has 2 aromatic heterocycles. The third-order valence-corrected chi connectivity index (χ3v) is 5.64. The van der Waals surface area contributed by atoms with Crippen molar-refractivity contribution in [1.29, 1.82) is 0 Å². The van der Waals surface area contributed by atoms with E-state index in [0.29, 0.717) is 47.1 Å². The van der Waals surface area contributed by atoms with Gasteiger partial charge in [0, 0.05) is 18.5 Å². The van der Waals surface area contributed by atoms with Crippen LogP contribution < -0.4 is 0 Å². The van der Waals surface area contributed by atoms with Gasteiger partial charge in [-0.15, -0.1) is 0 Å². The Morgan fingerprint density at radius 2 is 1.97 bits per heavy atom. The first-order valence-corrected chi connectivity index (χ1v) is 10.4. The molecule has 0 unspecified atom stereocenters. The monoisotopic (exact) mass is 434 g/mol. The Balaban J connectivity index is 1.33. The molecule has 1 saturated heterocycles. The van der Waals surface area contributed by atoms with Crippen molar-refractivity contribution in [2.75, 3.05) is 6.54 Å². The number of hydrogen-bond acceptors (Lipinski definition) is 4. The molecule has 1 N–H and O–H groups in total. The standard InChI is InChI=1S/C24H20F2N4O2/c25-17-9-7-15(8-10-17)20-13-21(29-28-20)24(31)30-11-3-6-22(30)23-27-14-18(32-23)12-16-4-1-2-5-19(16)26/h1-2,4-5,7-10,13-14,22H,3,6,11-12H2,(H,28,29)/t22-/m0/s1. The number of halogens is 2. The number of nitrogens with one attached hydrogen (secondary N) is 1. The van der Waals surface area contributed by atoms with Crippen LogP contribution in [0.1, 0.15) is 46.6 Å². The Bertz CT molecular complexity index is 1250. The van der Waals surface area contributed by atoms with Crippen LogP contribution in [0.4, 0.5) is 8.78 Å². The third-order valence-electron chi connectivity index (χ3n) is 5.64. The van der Waals surface area contributed by atoms with Gasteiger partial charge in [0.1, 0.15) is 29.1 Å². The van der Waals surface area contributed by atoms with Crippen LogP contribution >= 0.6 is 0 Å². The average Bonchev–Trinajstić information content (AvgIpc) is 3.56. The first-order valence-electron chi connectivity index (χ1n) is 10.4. The minimum atomic E-state index is -0.333. The van der Waals surface area contributed by atoms with E-state index in [1.165, 1.54) is 18.2 Å². The highest BCUT2D eigenvalue weighted by atomic mass is 19.1. The van der Waals surface area contributed by atoms with Crippen LogP contribution in [-0.4, -0.2) is 32.5 Å². The highest BCUT2D eigenvalue weighted by molar-refractivity contribution is 5.93. The zero-order chi connectivity index (χ0) is 22.1. The van der Waals surface area contributed by atoms with Crippen LogP contribution in [0, 0.1) is 11.6 Å². The molecule has 0 saturated carbocycles. The lowest BCUT2D eigenvalue weighted by atomic mass is 10.1. The van der Waals surface area contributed by atoms with Gasteiger partial charge < -0.3 is 9.32 Å². The topological polar surface area (TPSA) is 75.0 Å². The third kappa shape index (κ3) is 3.91. The Kier molecular flexibility index (Phi) is 5.26. The second kappa shape index (κ2) is 8.37. The van der Waals surface area contributed by atoms with Crippen molar-refractivity contribution >= 4 is 5.91 Å². The number of amides is 1. The maximum absolute atomic E-state index is 13.9. The SMILES string of the molecule is O=C(c1cc(-c2ccc(F)cc2)n[nH]1)N1CCC[C@H]1c1ncc(Cc2ccccc2F)o1. The normalized spacial score (nSPS) is 15.9. The predicted octanol–water partition coefficient (Wildman–Crippen LogP) is 4.91. The summed E-state index contributed by atoms with van der Waals surface area (Å²) >= 11 is 0. The number of rotatable bonds is 5. The molecule has 0 radical (unpaired) electrons. The van der Waals surface area contributed by atoms with E-state index in [-0.39, 0.29) is 23.6 Å². The molecular weight excluding hydrogens is 414 g/mol. The van der Waals surface area contributed by atoms with Crippen molar-refractivity contribution in [2.45, 2.75) is 25.3 Å². The van der Waals surface area contributed by atoms with Crippen molar-refractivity contribution in [3.63, 3.8) is 0 Å². The number of aromatic nitrogens is 3. The van der Waals surface area contributed by atoms with Gasteiger partial charge in [0.15, 0.2) is 0 Å². The van der Waals surface area contributed by atoms with E-state index in [1.54, 1.807) is 47.5 Å². The summed E-state index contributed by atoms with van der Waals surface area (Å²) in [6, 6.07) is 13.8. The fourth-order valence-electron chi connectivity index (χ4n) is 4.01. The lowest BCUT2D eigenvalue weighted by molar-refractivity contribution is 0.0708. The van der Waals surface area contributed by atoms with Gasteiger partial charge in [-0.1, -0.05) is 18.2 Å². The van der Waals surface area contributed by atoms with E-state index in [4.69, 9.17) is 4.42 Å². The molecule has 3 heterocycles. The van der Waals surface area contributed by atoms with Gasteiger partial charge in [-0.05, 0) is 54.8 Å². The number of carbonyl (C=O) groups excluding carboxylic acids is 1. The van der Waals surface area contributed by atoms with E-state index in [2.05, 4.69) is 15.2 Å². The fraction of sp³-hybridized carbons (Fsp3) is 0.208. The molecule has 8 heteroatoms. The van der Waals surface area contributed by atoms with Gasteiger partial charge in [0.25, 0.3) is 5.91 Å². The molecule has 4 aromatic rings. The van der Waals surface area contributed by atoms with Crippen molar-refractivity contribution < 1.29 is 18.0 Å². The maximum Gasteiger partial charge on any atom is 0.272 e. The quantitative estimate of drug-likeness (QED) is 0.484. The number of oxazole rings is 1. The molecule has 2 aromatic carbocycles. The van der Waals surface area contributed by atoms with Gasteiger partial charge in [-0.25, -0.2) is 13.8 Å². The predicted molar refractivity (Wildman–Crippen MR) is 113 cm³/mol. The van der Waals surface area contributed by atoms with Crippen molar-refractivity contribution in [1.82, 2.24) is 20.1 Å². The van der Waals surface area contributed by atoms with Crippen LogP contribution in [0.3, 0.4) is 0 Å². The molecule has 1 aliphatic heterocycles. The molecular formula is C24H20F2N4O2. The number of hydrogen-bond donors (Lipinski definition) is 1. The molecule has 162 valence electrons. The van der Waals surface area contributed by atoms with Crippen LogP contribution in [0.15, 0.2) is 65.2 Å². The number of benzene rings is 2. The van der Waals surface area contributed by atoms with Crippen LogP contribution in [0.25, 0.3) is 11.3 Å². The van der Waals surface area contributed by atoms with Crippen molar-refractivity contribution in [2.24, 2.45) is 0 Å². The summed E-state index contributed by atoms with van der Waals surface area (Å²) in [5, 5.41) is 6.98. The van der Waals surface area contributed by atoms with E-state index in [1.807, 2.05) is 0 Å². The van der Waals surface area contributed by atoms with Gasteiger partial charge in [-0.3, -0.25) is 9.89 Å². The summed E-state index contributed by atoms with van der Waals surface area (Å²) in [5.74, 6) is 0.160. The molecule has 5 rings (SSSR count). The van der Waals surface area contributed by atoms with Gasteiger partial charge >= 0.3 is 0 Å². The van der Waals surface area contributed by atoms with Crippen LogP contribution in [0.5, 0.6) is 0 Å². The summed E-state index contributed by atoms with van der Waals surface area (Å²) in [6.07, 6.45) is 3.43. The Hall–Kier alpha value is -3.81. The zero-order valence-corrected chi connectivity index (χ0v) is 17.1. The molecule has 6 nitrogen and oxygen atoms in total. The largest absolute Gasteiger partial charge is 0.443 e. The van der Waals surface area contributed by atoms with Gasteiger partial charge in [0.2, 0.25) is 5.89 Å². The van der Waals surface area contributed by atoms with Gasteiger partial charge in [-0.2, -0.15) is 5.10 Å². The first kappa shape index (κ1) is 20.1. The lowest BCUT2D eigenvalue weighted by Crippen LogP contribution is -2.31. The summed E-state index contributed by atoms with van der Waals surface area (Å²) < 4.78 is 33.0. The van der Waals surface area contributed by atoms with Crippen molar-refractivity contribution in [3.05, 3.63) is 95.3 Å². The van der Waals surface area contributed by atoms with Crippen molar-refractivity contribution in [3.8, 4) is 11.3 Å². The highest BCUT2D eigenvalue weighted by Crippen LogP contribution is 2.33. The Labute approximate surface area is 182 Å². The van der Waals surface area contributed by atoms with Crippen LogP contribution in [-0.2, 0) is 6.42 Å². The number of aromatic amines is 1. The number of likely N-dealkylation sites (tertiary alicyclic amines) is 1. The Morgan fingerprint density at radius 1 is 1.16 bits per heavy atom. The summed E-state index contributed by atoms with van der Waals surface area (Å²) in [5.41, 5.74) is 2.15. The van der Waals surface area contributed by atoms with Gasteiger partial charge in [0.05, 0.1) is 11.9 Å². The molecule has 0 spiro atoms. The molecule has 0 bridgehead atoms. The molecule has 32 heavy (non-hydrogen) atoms. The molecule has 0 aliphatic carbocycles. The summed E-state index contributed by atoms with van der Waals surface area (Å²) in [4.78, 5) is 19.2. The average molecular weight is 434 g/mol. The first-order chi connectivity index (χ1) is 15.6. The smallest absolute Gasteiger partial charge is 0.272 e.